The average Bonchev–Trinajstić information content (AvgIpc) is 2.88. The van der Waals surface area contributed by atoms with Crippen LogP contribution in [-0.4, -0.2) is 18.0 Å². The van der Waals surface area contributed by atoms with Crippen LogP contribution in [0.5, 0.6) is 0 Å². The molecule has 0 saturated heterocycles. The Balaban J connectivity index is 2.09. The van der Waals surface area contributed by atoms with E-state index < -0.39 is 10.0 Å². The second-order valence-electron chi connectivity index (χ2n) is 5.03. The largest absolute Gasteiger partial charge is 0.331 e. The van der Waals surface area contributed by atoms with Crippen molar-refractivity contribution in [3.05, 3.63) is 54.9 Å². The number of benzene rings is 1. The number of aryl methyl sites for hydroxylation is 1. The molecular weight excluding hydrogens is 298 g/mol. The monoisotopic (exact) mass is 315 g/mol. The second kappa shape index (κ2) is 5.81. The lowest BCUT2D eigenvalue weighted by atomic mass is 10.3. The fourth-order valence-electron chi connectivity index (χ4n) is 2.43. The fraction of sp³-hybridized carbons (Fsp3) is 0.188. The minimum absolute atomic E-state index is 0.257. The number of hydrogen-bond donors (Lipinski definition) is 1. The zero-order valence-electron chi connectivity index (χ0n) is 12.2. The van der Waals surface area contributed by atoms with Crippen molar-refractivity contribution in [1.29, 1.82) is 0 Å². The van der Waals surface area contributed by atoms with E-state index in [1.807, 2.05) is 17.6 Å². The van der Waals surface area contributed by atoms with Crippen molar-refractivity contribution in [2.45, 2.75) is 24.8 Å². The summed E-state index contributed by atoms with van der Waals surface area (Å²) in [7, 11) is -3.65. The molecule has 22 heavy (non-hydrogen) atoms. The van der Waals surface area contributed by atoms with E-state index in [0.29, 0.717) is 16.7 Å². The summed E-state index contributed by atoms with van der Waals surface area (Å²) in [4.78, 5) is 4.57. The number of hydrogen-bond acceptors (Lipinski definition) is 3. The van der Waals surface area contributed by atoms with Crippen molar-refractivity contribution >= 4 is 26.7 Å². The van der Waals surface area contributed by atoms with Gasteiger partial charge in [-0.2, -0.15) is 0 Å². The molecule has 0 unspecified atom stereocenters. The predicted molar refractivity (Wildman–Crippen MR) is 87.3 cm³/mol. The van der Waals surface area contributed by atoms with Crippen molar-refractivity contribution in [2.24, 2.45) is 0 Å². The molecule has 3 rings (SSSR count). The lowest BCUT2D eigenvalue weighted by Gasteiger charge is -2.06. The van der Waals surface area contributed by atoms with Crippen LogP contribution in [0.4, 0.5) is 5.69 Å². The van der Waals surface area contributed by atoms with Gasteiger partial charge in [0.2, 0.25) is 0 Å². The van der Waals surface area contributed by atoms with E-state index in [1.54, 1.807) is 48.8 Å². The van der Waals surface area contributed by atoms with Gasteiger partial charge in [0.05, 0.1) is 0 Å². The summed E-state index contributed by atoms with van der Waals surface area (Å²) in [5.41, 5.74) is 1.24. The Hall–Kier alpha value is -2.34. The number of rotatable bonds is 5. The normalized spacial score (nSPS) is 11.7. The van der Waals surface area contributed by atoms with E-state index in [2.05, 4.69) is 9.71 Å². The number of pyridine rings is 1. The third-order valence-corrected chi connectivity index (χ3v) is 4.79. The van der Waals surface area contributed by atoms with Gasteiger partial charge in [0.1, 0.15) is 10.5 Å². The molecule has 1 aromatic carbocycles. The molecule has 2 heterocycles. The van der Waals surface area contributed by atoms with Crippen LogP contribution >= 0.6 is 0 Å². The molecule has 0 aliphatic heterocycles. The first-order valence-electron chi connectivity index (χ1n) is 7.13. The van der Waals surface area contributed by atoms with Crippen LogP contribution in [0.1, 0.15) is 13.3 Å². The molecule has 0 radical (unpaired) electrons. The fourth-order valence-corrected chi connectivity index (χ4v) is 3.70. The van der Waals surface area contributed by atoms with E-state index in [-0.39, 0.29) is 4.90 Å². The SMILES string of the molecule is CCCn1cc(S(=O)(=O)Nc2ccccc2)c2cccnc21. The van der Waals surface area contributed by atoms with Crippen molar-refractivity contribution in [3.8, 4) is 0 Å². The second-order valence-corrected chi connectivity index (χ2v) is 6.68. The van der Waals surface area contributed by atoms with Gasteiger partial charge in [0.15, 0.2) is 0 Å². The van der Waals surface area contributed by atoms with Crippen LogP contribution < -0.4 is 4.72 Å². The highest BCUT2D eigenvalue weighted by atomic mass is 32.2. The van der Waals surface area contributed by atoms with E-state index in [1.165, 1.54) is 0 Å². The molecule has 1 N–H and O–H groups in total. The summed E-state index contributed by atoms with van der Waals surface area (Å²) >= 11 is 0. The summed E-state index contributed by atoms with van der Waals surface area (Å²) in [5, 5.41) is 0.638. The van der Waals surface area contributed by atoms with Crippen molar-refractivity contribution in [3.63, 3.8) is 0 Å². The summed E-state index contributed by atoms with van der Waals surface area (Å²) in [6.45, 7) is 2.78. The Bertz CT molecular complexity index is 886. The highest BCUT2D eigenvalue weighted by Gasteiger charge is 2.21. The molecule has 2 aromatic heterocycles. The molecule has 0 aliphatic rings. The zero-order valence-corrected chi connectivity index (χ0v) is 13.0. The van der Waals surface area contributed by atoms with Crippen LogP contribution in [0.3, 0.4) is 0 Å². The summed E-state index contributed by atoms with van der Waals surface area (Å²) in [5.74, 6) is 0. The maximum absolute atomic E-state index is 12.7. The molecule has 0 fully saturated rings. The van der Waals surface area contributed by atoms with Gasteiger partial charge < -0.3 is 4.57 Å². The van der Waals surface area contributed by atoms with Gasteiger partial charge in [0, 0.05) is 30.0 Å². The van der Waals surface area contributed by atoms with Gasteiger partial charge in [0.25, 0.3) is 10.0 Å². The quantitative estimate of drug-likeness (QED) is 0.786. The van der Waals surface area contributed by atoms with Gasteiger partial charge >= 0.3 is 0 Å². The Morgan fingerprint density at radius 2 is 1.91 bits per heavy atom. The topological polar surface area (TPSA) is 64.0 Å². The number of anilines is 1. The highest BCUT2D eigenvalue weighted by Crippen LogP contribution is 2.26. The average molecular weight is 315 g/mol. The van der Waals surface area contributed by atoms with E-state index >= 15 is 0 Å². The van der Waals surface area contributed by atoms with Gasteiger partial charge in [-0.3, -0.25) is 4.72 Å². The van der Waals surface area contributed by atoms with E-state index in [4.69, 9.17) is 0 Å². The highest BCUT2D eigenvalue weighted by molar-refractivity contribution is 7.93. The maximum atomic E-state index is 12.7. The number of aromatic nitrogens is 2. The van der Waals surface area contributed by atoms with Crippen molar-refractivity contribution in [1.82, 2.24) is 9.55 Å². The van der Waals surface area contributed by atoms with E-state index in [0.717, 1.165) is 13.0 Å². The molecule has 0 aliphatic carbocycles. The number of para-hydroxylation sites is 1. The third-order valence-electron chi connectivity index (χ3n) is 3.38. The van der Waals surface area contributed by atoms with Crippen LogP contribution in [0, 0.1) is 0 Å². The van der Waals surface area contributed by atoms with Crippen molar-refractivity contribution < 1.29 is 8.42 Å². The molecule has 0 spiro atoms. The minimum atomic E-state index is -3.65. The standard InChI is InChI=1S/C16H17N3O2S/c1-2-11-19-12-15(14-9-6-10-17-16(14)19)22(20,21)18-13-7-4-3-5-8-13/h3-10,12,18H,2,11H2,1H3. The Morgan fingerprint density at radius 1 is 1.14 bits per heavy atom. The summed E-state index contributed by atoms with van der Waals surface area (Å²) in [6.07, 6.45) is 4.24. The van der Waals surface area contributed by atoms with Crippen LogP contribution in [0.2, 0.25) is 0 Å². The first kappa shape index (κ1) is 14.6. The third kappa shape index (κ3) is 2.69. The number of fused-ring (bicyclic) bond motifs is 1. The first-order valence-corrected chi connectivity index (χ1v) is 8.62. The van der Waals surface area contributed by atoms with Gasteiger partial charge in [-0.1, -0.05) is 25.1 Å². The van der Waals surface area contributed by atoms with Crippen LogP contribution in [0.25, 0.3) is 11.0 Å². The molecule has 114 valence electrons. The molecule has 5 nitrogen and oxygen atoms in total. The lowest BCUT2D eigenvalue weighted by Crippen LogP contribution is -2.12. The van der Waals surface area contributed by atoms with Gasteiger partial charge in [-0.25, -0.2) is 13.4 Å². The Morgan fingerprint density at radius 3 is 2.64 bits per heavy atom. The lowest BCUT2D eigenvalue weighted by molar-refractivity contribution is 0.601. The summed E-state index contributed by atoms with van der Waals surface area (Å²) < 4.78 is 29.9. The maximum Gasteiger partial charge on any atom is 0.264 e. The number of sulfonamides is 1. The van der Waals surface area contributed by atoms with Gasteiger partial charge in [-0.05, 0) is 30.7 Å². The number of nitrogens with zero attached hydrogens (tertiary/aromatic N) is 2. The van der Waals surface area contributed by atoms with Crippen LogP contribution in [0.15, 0.2) is 59.8 Å². The molecule has 0 saturated carbocycles. The molecule has 0 bridgehead atoms. The van der Waals surface area contributed by atoms with Gasteiger partial charge in [-0.15, -0.1) is 0 Å². The Kier molecular flexibility index (Phi) is 3.85. The first-order chi connectivity index (χ1) is 10.6. The van der Waals surface area contributed by atoms with E-state index in [9.17, 15) is 8.42 Å². The molecule has 0 amide bonds. The van der Waals surface area contributed by atoms with Crippen molar-refractivity contribution in [2.75, 3.05) is 4.72 Å². The van der Waals surface area contributed by atoms with Crippen LogP contribution in [-0.2, 0) is 16.6 Å². The molecule has 3 aromatic rings. The Labute approximate surface area is 129 Å². The number of nitrogens with one attached hydrogen (secondary N) is 1. The minimum Gasteiger partial charge on any atom is -0.331 e. The zero-order chi connectivity index (χ0) is 15.6. The smallest absolute Gasteiger partial charge is 0.264 e. The molecule has 0 atom stereocenters. The molecular formula is C16H17N3O2S. The predicted octanol–water partition coefficient (Wildman–Crippen LogP) is 3.25. The molecule has 6 heteroatoms. The summed E-state index contributed by atoms with van der Waals surface area (Å²) in [6, 6.07) is 12.4.